The predicted molar refractivity (Wildman–Crippen MR) is 48.0 cm³/mol. The number of nitrogens with two attached hydrogens (primary N) is 1. The lowest BCUT2D eigenvalue weighted by Gasteiger charge is -2.09. The average Bonchev–Trinajstić information content (AvgIpc) is 2.53. The molecular weight excluding hydrogens is 170 g/mol. The fourth-order valence-corrected chi connectivity index (χ4v) is 1.18. The van der Waals surface area contributed by atoms with E-state index in [0.717, 1.165) is 0 Å². The second-order valence-corrected chi connectivity index (χ2v) is 2.71. The molecule has 0 aliphatic heterocycles. The number of methoxy groups -OCH3 is 1. The average molecular weight is 183 g/mol. The van der Waals surface area contributed by atoms with Gasteiger partial charge < -0.3 is 15.5 Å². The number of anilines is 1. The van der Waals surface area contributed by atoms with Crippen LogP contribution in [0.1, 0.15) is 25.0 Å². The zero-order chi connectivity index (χ0) is 9.84. The van der Waals surface area contributed by atoms with Gasteiger partial charge in [0.05, 0.1) is 24.9 Å². The van der Waals surface area contributed by atoms with E-state index in [-0.39, 0.29) is 11.9 Å². The summed E-state index contributed by atoms with van der Waals surface area (Å²) < 4.78 is 4.64. The highest BCUT2D eigenvalue weighted by molar-refractivity contribution is 5.77. The molecule has 0 saturated carbocycles. The minimum Gasteiger partial charge on any atom is -0.469 e. The quantitative estimate of drug-likeness (QED) is 0.674. The molecule has 5 nitrogen and oxygen atoms in total. The molecule has 1 aromatic heterocycles. The molecule has 1 heterocycles. The number of ether oxygens (including phenoxy) is 1. The SMILES string of the molecule is CCC(C(=O)OC)c1cnc(N)[nH]1. The fraction of sp³-hybridized carbons (Fsp3) is 0.500. The largest absolute Gasteiger partial charge is 0.469 e. The highest BCUT2D eigenvalue weighted by atomic mass is 16.5. The zero-order valence-corrected chi connectivity index (χ0v) is 7.70. The van der Waals surface area contributed by atoms with Crippen molar-refractivity contribution in [3.05, 3.63) is 11.9 Å². The number of esters is 1. The van der Waals surface area contributed by atoms with Gasteiger partial charge in [0.15, 0.2) is 5.95 Å². The maximum absolute atomic E-state index is 11.2. The monoisotopic (exact) mass is 183 g/mol. The Morgan fingerprint density at radius 1 is 1.85 bits per heavy atom. The number of carbonyl (C=O) groups excluding carboxylic acids is 1. The van der Waals surface area contributed by atoms with Gasteiger partial charge in [0.1, 0.15) is 0 Å². The van der Waals surface area contributed by atoms with Crippen LogP contribution in [0.5, 0.6) is 0 Å². The first-order chi connectivity index (χ1) is 6.19. The van der Waals surface area contributed by atoms with Crippen LogP contribution >= 0.6 is 0 Å². The summed E-state index contributed by atoms with van der Waals surface area (Å²) in [4.78, 5) is 17.9. The lowest BCUT2D eigenvalue weighted by Crippen LogP contribution is -2.13. The van der Waals surface area contributed by atoms with Gasteiger partial charge in [-0.1, -0.05) is 6.92 Å². The fourth-order valence-electron chi connectivity index (χ4n) is 1.18. The van der Waals surface area contributed by atoms with E-state index in [2.05, 4.69) is 14.7 Å². The van der Waals surface area contributed by atoms with E-state index in [1.54, 1.807) is 6.20 Å². The van der Waals surface area contributed by atoms with Gasteiger partial charge in [-0.25, -0.2) is 4.98 Å². The van der Waals surface area contributed by atoms with E-state index < -0.39 is 0 Å². The third-order valence-electron chi connectivity index (χ3n) is 1.88. The molecule has 0 amide bonds. The van der Waals surface area contributed by atoms with Crippen LogP contribution in [-0.4, -0.2) is 23.0 Å². The Hall–Kier alpha value is -1.52. The van der Waals surface area contributed by atoms with Crippen LogP contribution < -0.4 is 5.73 Å². The van der Waals surface area contributed by atoms with Crippen LogP contribution in [0.2, 0.25) is 0 Å². The van der Waals surface area contributed by atoms with Gasteiger partial charge in [-0.2, -0.15) is 0 Å². The molecule has 1 rings (SSSR count). The summed E-state index contributed by atoms with van der Waals surface area (Å²) >= 11 is 0. The first kappa shape index (κ1) is 9.57. The zero-order valence-electron chi connectivity index (χ0n) is 7.70. The normalized spacial score (nSPS) is 12.5. The van der Waals surface area contributed by atoms with Crippen LogP contribution in [0.25, 0.3) is 0 Å². The van der Waals surface area contributed by atoms with Gasteiger partial charge in [-0.3, -0.25) is 4.79 Å². The number of aromatic amines is 1. The summed E-state index contributed by atoms with van der Waals surface area (Å²) in [5.74, 6) is -0.252. The Morgan fingerprint density at radius 2 is 2.54 bits per heavy atom. The molecule has 0 radical (unpaired) electrons. The molecule has 0 aliphatic carbocycles. The van der Waals surface area contributed by atoms with Crippen molar-refractivity contribution in [2.24, 2.45) is 0 Å². The summed E-state index contributed by atoms with van der Waals surface area (Å²) in [6.07, 6.45) is 2.22. The van der Waals surface area contributed by atoms with Gasteiger partial charge in [-0.15, -0.1) is 0 Å². The van der Waals surface area contributed by atoms with Crippen molar-refractivity contribution < 1.29 is 9.53 Å². The Morgan fingerprint density at radius 3 is 2.92 bits per heavy atom. The minimum absolute atomic E-state index is 0.272. The number of imidazole rings is 1. The van der Waals surface area contributed by atoms with Gasteiger partial charge in [-0.05, 0) is 6.42 Å². The van der Waals surface area contributed by atoms with Crippen molar-refractivity contribution >= 4 is 11.9 Å². The number of H-pyrrole nitrogens is 1. The second-order valence-electron chi connectivity index (χ2n) is 2.71. The summed E-state index contributed by atoms with van der Waals surface area (Å²) in [5, 5.41) is 0. The van der Waals surface area contributed by atoms with Crippen LogP contribution in [0.4, 0.5) is 5.95 Å². The molecule has 0 aromatic carbocycles. The van der Waals surface area contributed by atoms with Gasteiger partial charge in [0.25, 0.3) is 0 Å². The second kappa shape index (κ2) is 3.93. The third-order valence-corrected chi connectivity index (χ3v) is 1.88. The molecule has 1 unspecified atom stereocenters. The summed E-state index contributed by atoms with van der Waals surface area (Å²) in [6, 6.07) is 0. The first-order valence-electron chi connectivity index (χ1n) is 4.07. The molecule has 0 spiro atoms. The van der Waals surface area contributed by atoms with E-state index in [4.69, 9.17) is 5.73 Å². The molecule has 0 fully saturated rings. The smallest absolute Gasteiger partial charge is 0.314 e. The molecule has 0 bridgehead atoms. The van der Waals surface area contributed by atoms with Crippen molar-refractivity contribution in [1.82, 2.24) is 9.97 Å². The van der Waals surface area contributed by atoms with Gasteiger partial charge in [0, 0.05) is 0 Å². The van der Waals surface area contributed by atoms with Crippen molar-refractivity contribution in [1.29, 1.82) is 0 Å². The van der Waals surface area contributed by atoms with Crippen molar-refractivity contribution in [2.45, 2.75) is 19.3 Å². The van der Waals surface area contributed by atoms with Crippen molar-refractivity contribution in [3.63, 3.8) is 0 Å². The Labute approximate surface area is 76.3 Å². The van der Waals surface area contributed by atoms with Crippen LogP contribution in [0.15, 0.2) is 6.20 Å². The summed E-state index contributed by atoms with van der Waals surface area (Å²) in [6.45, 7) is 1.90. The number of hydrogen-bond donors (Lipinski definition) is 2. The highest BCUT2D eigenvalue weighted by Gasteiger charge is 2.20. The summed E-state index contributed by atoms with van der Waals surface area (Å²) in [5.41, 5.74) is 6.09. The van der Waals surface area contributed by atoms with Gasteiger partial charge in [0.2, 0.25) is 0 Å². The minimum atomic E-state index is -0.296. The molecule has 1 aromatic rings. The number of carbonyl (C=O) groups is 1. The van der Waals surface area contributed by atoms with Crippen molar-refractivity contribution in [2.75, 3.05) is 12.8 Å². The Balaban J connectivity index is 2.84. The lowest BCUT2D eigenvalue weighted by molar-refractivity contribution is -0.142. The number of hydrogen-bond acceptors (Lipinski definition) is 4. The van der Waals surface area contributed by atoms with E-state index in [1.807, 2.05) is 6.92 Å². The molecule has 5 heteroatoms. The van der Waals surface area contributed by atoms with E-state index >= 15 is 0 Å². The van der Waals surface area contributed by atoms with E-state index in [0.29, 0.717) is 18.1 Å². The highest BCUT2D eigenvalue weighted by Crippen LogP contribution is 2.19. The van der Waals surface area contributed by atoms with E-state index in [9.17, 15) is 4.79 Å². The maximum Gasteiger partial charge on any atom is 0.314 e. The molecular formula is C8H13N3O2. The molecule has 72 valence electrons. The molecule has 13 heavy (non-hydrogen) atoms. The lowest BCUT2D eigenvalue weighted by atomic mass is 10.0. The molecule has 3 N–H and O–H groups in total. The van der Waals surface area contributed by atoms with Crippen LogP contribution in [0.3, 0.4) is 0 Å². The summed E-state index contributed by atoms with van der Waals surface area (Å²) in [7, 11) is 1.37. The Bertz CT molecular complexity index is 295. The number of aromatic nitrogens is 2. The van der Waals surface area contributed by atoms with Gasteiger partial charge >= 0.3 is 5.97 Å². The Kier molecular flexibility index (Phi) is 2.89. The predicted octanol–water partition coefficient (Wildman–Crippen LogP) is 0.659. The maximum atomic E-state index is 11.2. The molecule has 0 saturated heterocycles. The van der Waals surface area contributed by atoms with Crippen LogP contribution in [0, 0.1) is 0 Å². The van der Waals surface area contributed by atoms with Crippen molar-refractivity contribution in [3.8, 4) is 0 Å². The van der Waals surface area contributed by atoms with E-state index in [1.165, 1.54) is 7.11 Å². The molecule has 0 aliphatic rings. The first-order valence-corrected chi connectivity index (χ1v) is 4.07. The standard InChI is InChI=1S/C8H13N3O2/c1-3-5(7(12)13-2)6-4-10-8(9)11-6/h4-5H,3H2,1-2H3,(H3,9,10,11). The number of nitrogen functional groups attached to an aromatic ring is 1. The number of nitrogens with zero attached hydrogens (tertiary/aromatic N) is 1. The number of rotatable bonds is 3. The number of nitrogens with one attached hydrogen (secondary N) is 1. The third kappa shape index (κ3) is 1.99. The van der Waals surface area contributed by atoms with Crippen LogP contribution in [-0.2, 0) is 9.53 Å². The molecule has 1 atom stereocenters. The topological polar surface area (TPSA) is 81.0 Å².